The van der Waals surface area contributed by atoms with Crippen molar-refractivity contribution < 1.29 is 30.0 Å². The lowest BCUT2D eigenvalue weighted by molar-refractivity contribution is -0.115. The van der Waals surface area contributed by atoms with E-state index in [0.29, 0.717) is 16.8 Å². The summed E-state index contributed by atoms with van der Waals surface area (Å²) in [6.45, 7) is -1.23. The van der Waals surface area contributed by atoms with E-state index in [-0.39, 0.29) is 39.1 Å². The van der Waals surface area contributed by atoms with Crippen molar-refractivity contribution in [2.75, 3.05) is 23.4 Å². The molecule has 38 heavy (non-hydrogen) atoms. The van der Waals surface area contributed by atoms with Crippen molar-refractivity contribution in [1.82, 2.24) is 15.0 Å². The molecule has 2 heterocycles. The first-order valence-corrected chi connectivity index (χ1v) is 14.3. The van der Waals surface area contributed by atoms with Crippen molar-refractivity contribution in [3.63, 3.8) is 0 Å². The Morgan fingerprint density at radius 2 is 1.58 bits per heavy atom. The Balaban J connectivity index is 1.68. The summed E-state index contributed by atoms with van der Waals surface area (Å²) in [5.41, 5.74) is 1.70. The molecule has 2 aromatic carbocycles. The van der Waals surface area contributed by atoms with Crippen molar-refractivity contribution in [3.05, 3.63) is 66.2 Å². The van der Waals surface area contributed by atoms with Gasteiger partial charge in [-0.25, -0.2) is 31.9 Å². The first-order valence-electron chi connectivity index (χ1n) is 10.8. The highest BCUT2D eigenvalue weighted by Gasteiger charge is 2.27. The maximum absolute atomic E-state index is 13.0. The second-order valence-corrected chi connectivity index (χ2v) is 11.8. The minimum Gasteiger partial charge on any atom is -0.359 e. The summed E-state index contributed by atoms with van der Waals surface area (Å²) in [6.07, 6.45) is -3.46. The van der Waals surface area contributed by atoms with Crippen LogP contribution in [-0.4, -0.2) is 50.8 Å². The molecule has 4 rings (SSSR count). The largest absolute Gasteiger partial charge is 0.405 e. The zero-order valence-corrected chi connectivity index (χ0v) is 21.3. The average molecular weight is 567 g/mol. The van der Waals surface area contributed by atoms with Crippen LogP contribution in [-0.2, 0) is 26.4 Å². The maximum atomic E-state index is 13.0. The number of nitrogens with zero attached hydrogens (tertiary/aromatic N) is 3. The van der Waals surface area contributed by atoms with E-state index < -0.39 is 32.6 Å². The van der Waals surface area contributed by atoms with Crippen LogP contribution in [0.15, 0.2) is 70.5 Å². The van der Waals surface area contributed by atoms with Gasteiger partial charge in [0.15, 0.2) is 15.7 Å². The quantitative estimate of drug-likeness (QED) is 0.291. The van der Waals surface area contributed by atoms with Gasteiger partial charge in [0.25, 0.3) is 0 Å². The van der Waals surface area contributed by atoms with Crippen molar-refractivity contribution in [2.45, 2.75) is 22.5 Å². The van der Waals surface area contributed by atoms with Crippen LogP contribution in [0.3, 0.4) is 0 Å². The number of benzene rings is 2. The average Bonchev–Trinajstić information content (AvgIpc) is 2.84. The Hall–Kier alpha value is -3.82. The highest BCUT2D eigenvalue weighted by molar-refractivity contribution is 7.90. The number of alkyl halides is 3. The lowest BCUT2D eigenvalue weighted by atomic mass is 10.1. The van der Waals surface area contributed by atoms with Crippen LogP contribution in [0.1, 0.15) is 5.56 Å². The molecule has 4 N–H and O–H groups in total. The zero-order chi connectivity index (χ0) is 27.7. The molecule has 0 saturated carbocycles. The number of nitrogens with two attached hydrogens (primary N) is 1. The standard InChI is InChI=1S/C23H21F3N6O4S2/c1-37(33,34)17-4-2-3-15(11-17)18-9-10-19-20(30-18)21(29-13-23(24,25)26)32-22(31-19)28-12-14-5-7-16(8-6-14)38(27,35)36/h2-11H,12-13H2,1H3,(H2,27,35,36)(H2,28,29,31,32). The molecule has 10 nitrogen and oxygen atoms in total. The molecular weight excluding hydrogens is 545 g/mol. The normalized spacial score (nSPS) is 12.4. The fourth-order valence-corrected chi connectivity index (χ4v) is 4.61. The number of anilines is 2. The van der Waals surface area contributed by atoms with E-state index in [2.05, 4.69) is 25.6 Å². The summed E-state index contributed by atoms with van der Waals surface area (Å²) < 4.78 is 85.6. The van der Waals surface area contributed by atoms with E-state index in [1.807, 2.05) is 0 Å². The zero-order valence-electron chi connectivity index (χ0n) is 19.7. The van der Waals surface area contributed by atoms with Crippen LogP contribution < -0.4 is 15.8 Å². The van der Waals surface area contributed by atoms with Gasteiger partial charge >= 0.3 is 6.18 Å². The van der Waals surface area contributed by atoms with E-state index in [9.17, 15) is 30.0 Å². The minimum atomic E-state index is -4.53. The Morgan fingerprint density at radius 1 is 0.868 bits per heavy atom. The molecule has 0 amide bonds. The lowest BCUT2D eigenvalue weighted by Gasteiger charge is -2.14. The molecule has 0 fully saturated rings. The minimum absolute atomic E-state index is 0.00585. The van der Waals surface area contributed by atoms with Gasteiger partial charge in [-0.2, -0.15) is 18.2 Å². The highest BCUT2D eigenvalue weighted by atomic mass is 32.2. The number of primary sulfonamides is 1. The number of sulfonamides is 1. The molecule has 0 spiro atoms. The van der Waals surface area contributed by atoms with Gasteiger partial charge in [0.2, 0.25) is 16.0 Å². The van der Waals surface area contributed by atoms with Crippen LogP contribution in [0.4, 0.5) is 24.9 Å². The number of fused-ring (bicyclic) bond motifs is 1. The molecule has 0 atom stereocenters. The third-order valence-electron chi connectivity index (χ3n) is 5.26. The number of aromatic nitrogens is 3. The van der Waals surface area contributed by atoms with Crippen LogP contribution in [0.25, 0.3) is 22.3 Å². The van der Waals surface area contributed by atoms with Crippen LogP contribution in [0.5, 0.6) is 0 Å². The number of rotatable bonds is 8. The Bertz CT molecular complexity index is 1710. The Labute approximate surface area is 216 Å². The molecule has 0 aliphatic heterocycles. The number of hydrogen-bond acceptors (Lipinski definition) is 9. The number of halogens is 3. The maximum Gasteiger partial charge on any atom is 0.405 e. The number of pyridine rings is 1. The first kappa shape index (κ1) is 27.2. The van der Waals surface area contributed by atoms with Crippen molar-refractivity contribution in [3.8, 4) is 11.3 Å². The summed E-state index contributed by atoms with van der Waals surface area (Å²) in [5, 5.41) is 10.2. The first-order chi connectivity index (χ1) is 17.7. The highest BCUT2D eigenvalue weighted by Crippen LogP contribution is 2.27. The smallest absolute Gasteiger partial charge is 0.359 e. The van der Waals surface area contributed by atoms with Gasteiger partial charge in [-0.1, -0.05) is 24.3 Å². The fraction of sp³-hybridized carbons (Fsp3) is 0.174. The van der Waals surface area contributed by atoms with Gasteiger partial charge in [-0.05, 0) is 42.0 Å². The van der Waals surface area contributed by atoms with Crippen LogP contribution in [0.2, 0.25) is 0 Å². The predicted octanol–water partition coefficient (Wildman–Crippen LogP) is 3.33. The SMILES string of the molecule is CS(=O)(=O)c1cccc(-c2ccc3nc(NCc4ccc(S(N)(=O)=O)cc4)nc(NCC(F)(F)F)c3n2)c1. The summed E-state index contributed by atoms with van der Waals surface area (Å²) in [5.74, 6) is -0.174. The molecule has 0 unspecified atom stereocenters. The Morgan fingerprint density at radius 3 is 2.21 bits per heavy atom. The molecule has 4 aromatic rings. The van der Waals surface area contributed by atoms with Gasteiger partial charge in [0.05, 0.1) is 21.0 Å². The number of hydrogen-bond donors (Lipinski definition) is 3. The fourth-order valence-electron chi connectivity index (χ4n) is 3.43. The molecular formula is C23H21F3N6O4S2. The second-order valence-electron chi connectivity index (χ2n) is 8.27. The van der Waals surface area contributed by atoms with E-state index in [4.69, 9.17) is 5.14 Å². The summed E-state index contributed by atoms with van der Waals surface area (Å²) >= 11 is 0. The van der Waals surface area contributed by atoms with Crippen LogP contribution >= 0.6 is 0 Å². The van der Waals surface area contributed by atoms with Crippen LogP contribution in [0, 0.1) is 0 Å². The predicted molar refractivity (Wildman–Crippen MR) is 136 cm³/mol. The van der Waals surface area contributed by atoms with Gasteiger partial charge in [-0.3, -0.25) is 0 Å². The lowest BCUT2D eigenvalue weighted by Crippen LogP contribution is -2.22. The topological polar surface area (TPSA) is 157 Å². The van der Waals surface area contributed by atoms with E-state index in [1.54, 1.807) is 18.2 Å². The third-order valence-corrected chi connectivity index (χ3v) is 7.30. The van der Waals surface area contributed by atoms with E-state index in [0.717, 1.165) is 6.26 Å². The molecule has 0 aliphatic carbocycles. The molecule has 15 heteroatoms. The molecule has 0 saturated heterocycles. The van der Waals surface area contributed by atoms with Gasteiger partial charge in [0, 0.05) is 18.4 Å². The molecule has 200 valence electrons. The second kappa shape index (κ2) is 10.2. The monoisotopic (exact) mass is 566 g/mol. The van der Waals surface area contributed by atoms with Crippen molar-refractivity contribution in [1.29, 1.82) is 0 Å². The molecule has 0 aliphatic rings. The summed E-state index contributed by atoms with van der Waals surface area (Å²) in [6, 6.07) is 14.8. The number of nitrogens with one attached hydrogen (secondary N) is 2. The van der Waals surface area contributed by atoms with Crippen molar-refractivity contribution >= 4 is 42.7 Å². The molecule has 2 aromatic heterocycles. The Kier molecular flexibility index (Phi) is 7.27. The van der Waals surface area contributed by atoms with Gasteiger partial charge < -0.3 is 10.6 Å². The van der Waals surface area contributed by atoms with E-state index in [1.165, 1.54) is 42.5 Å². The van der Waals surface area contributed by atoms with E-state index >= 15 is 0 Å². The summed E-state index contributed by atoms with van der Waals surface area (Å²) in [7, 11) is -7.34. The molecule has 0 bridgehead atoms. The van der Waals surface area contributed by atoms with Crippen molar-refractivity contribution in [2.24, 2.45) is 5.14 Å². The number of sulfone groups is 1. The third kappa shape index (κ3) is 6.73. The van der Waals surface area contributed by atoms with Gasteiger partial charge in [0.1, 0.15) is 12.1 Å². The summed E-state index contributed by atoms with van der Waals surface area (Å²) in [4.78, 5) is 12.9. The molecule has 0 radical (unpaired) electrons. The van der Waals surface area contributed by atoms with Gasteiger partial charge in [-0.15, -0.1) is 0 Å².